The third kappa shape index (κ3) is 7.16. The maximum atomic E-state index is 14.7. The molecular formula is C24H28FNO6. The molecule has 32 heavy (non-hydrogen) atoms. The highest BCUT2D eigenvalue weighted by Gasteiger charge is 2.33. The molecule has 0 aliphatic carbocycles. The summed E-state index contributed by atoms with van der Waals surface area (Å²) in [6, 6.07) is 10.2. The third-order valence-corrected chi connectivity index (χ3v) is 4.54. The van der Waals surface area contributed by atoms with Crippen LogP contribution in [0.15, 0.2) is 41.6 Å². The van der Waals surface area contributed by atoms with E-state index >= 15 is 0 Å². The molecule has 0 aliphatic rings. The maximum Gasteiger partial charge on any atom is 0.338 e. The van der Waals surface area contributed by atoms with E-state index in [4.69, 9.17) is 9.47 Å². The molecule has 0 spiro atoms. The van der Waals surface area contributed by atoms with Crippen LogP contribution in [0.25, 0.3) is 0 Å². The average molecular weight is 445 g/mol. The Kier molecular flexibility index (Phi) is 8.90. The summed E-state index contributed by atoms with van der Waals surface area (Å²) in [5, 5.41) is 13.8. The predicted octanol–water partition coefficient (Wildman–Crippen LogP) is 3.63. The van der Waals surface area contributed by atoms with Crippen molar-refractivity contribution in [1.82, 2.24) is 0 Å². The second kappa shape index (κ2) is 11.4. The molecule has 0 amide bonds. The first-order valence-corrected chi connectivity index (χ1v) is 10.0. The molecule has 0 bridgehead atoms. The molecule has 0 fully saturated rings. The lowest BCUT2D eigenvalue weighted by Gasteiger charge is -2.24. The van der Waals surface area contributed by atoms with Crippen molar-refractivity contribution in [2.24, 2.45) is 5.16 Å². The van der Waals surface area contributed by atoms with Crippen LogP contribution >= 0.6 is 0 Å². The minimum atomic E-state index is -2.00. The van der Waals surface area contributed by atoms with Crippen molar-refractivity contribution in [3.8, 4) is 0 Å². The Hall–Kier alpha value is -3.26. The molecule has 0 radical (unpaired) electrons. The Morgan fingerprint density at radius 2 is 1.41 bits per heavy atom. The van der Waals surface area contributed by atoms with Gasteiger partial charge in [0, 0.05) is 0 Å². The van der Waals surface area contributed by atoms with Crippen molar-refractivity contribution >= 4 is 18.2 Å². The van der Waals surface area contributed by atoms with Crippen molar-refractivity contribution in [3.05, 3.63) is 69.8 Å². The molecular weight excluding hydrogens is 417 g/mol. The summed E-state index contributed by atoms with van der Waals surface area (Å²) in [5.74, 6) is -1.51. The van der Waals surface area contributed by atoms with Gasteiger partial charge in [-0.05, 0) is 52.0 Å². The van der Waals surface area contributed by atoms with E-state index < -0.39 is 36.9 Å². The van der Waals surface area contributed by atoms with Crippen molar-refractivity contribution < 1.29 is 33.4 Å². The van der Waals surface area contributed by atoms with Gasteiger partial charge >= 0.3 is 11.9 Å². The molecule has 3 unspecified atom stereocenters. The number of carbonyl (C=O) groups excluding carboxylic acids is 2. The molecule has 2 aromatic carbocycles. The van der Waals surface area contributed by atoms with Crippen molar-refractivity contribution in [2.45, 2.75) is 46.1 Å². The van der Waals surface area contributed by atoms with Crippen LogP contribution in [0.5, 0.6) is 0 Å². The molecule has 0 aromatic heterocycles. The van der Waals surface area contributed by atoms with Crippen LogP contribution in [0.1, 0.15) is 43.0 Å². The zero-order chi connectivity index (χ0) is 23.8. The minimum absolute atomic E-state index is 0.211. The Labute approximate surface area is 186 Å². The average Bonchev–Trinajstić information content (AvgIpc) is 2.72. The highest BCUT2D eigenvalue weighted by atomic mass is 19.1. The van der Waals surface area contributed by atoms with Crippen LogP contribution in [0.4, 0.5) is 4.39 Å². The quantitative estimate of drug-likeness (QED) is 0.360. The topological polar surface area (TPSA) is 94.4 Å². The number of aliphatic hydroxyl groups excluding tert-OH is 1. The van der Waals surface area contributed by atoms with Crippen LogP contribution in [-0.4, -0.2) is 55.4 Å². The smallest absolute Gasteiger partial charge is 0.338 e. The second-order valence-electron chi connectivity index (χ2n) is 7.67. The van der Waals surface area contributed by atoms with Gasteiger partial charge < -0.3 is 19.4 Å². The number of hydrogen-bond donors (Lipinski definition) is 1. The fraction of sp³-hybridized carbons (Fsp3) is 0.375. The number of oxime groups is 1. The van der Waals surface area contributed by atoms with Crippen molar-refractivity contribution in [3.63, 3.8) is 0 Å². The fourth-order valence-corrected chi connectivity index (χ4v) is 3.28. The highest BCUT2D eigenvalue weighted by molar-refractivity contribution is 5.90. The summed E-state index contributed by atoms with van der Waals surface area (Å²) in [7, 11) is 1.22. The van der Waals surface area contributed by atoms with Gasteiger partial charge in [0.15, 0.2) is 12.3 Å². The zero-order valence-corrected chi connectivity index (χ0v) is 18.8. The van der Waals surface area contributed by atoms with Crippen molar-refractivity contribution in [2.75, 3.05) is 13.7 Å². The summed E-state index contributed by atoms with van der Waals surface area (Å²) in [6.07, 6.45) is -4.55. The highest BCUT2D eigenvalue weighted by Crippen LogP contribution is 2.16. The Bertz CT molecular complexity index is 950. The molecule has 8 heteroatoms. The number of aryl methyl sites for hydroxylation is 4. The van der Waals surface area contributed by atoms with Gasteiger partial charge in [0.25, 0.3) is 0 Å². The lowest BCUT2D eigenvalue weighted by Crippen LogP contribution is -2.43. The number of ether oxygens (including phenoxy) is 2. The molecule has 1 N–H and O–H groups in total. The lowest BCUT2D eigenvalue weighted by molar-refractivity contribution is -0.0594. The van der Waals surface area contributed by atoms with Gasteiger partial charge in [0.2, 0.25) is 0 Å². The fourth-order valence-electron chi connectivity index (χ4n) is 3.28. The number of halogens is 1. The van der Waals surface area contributed by atoms with Crippen LogP contribution in [0.3, 0.4) is 0 Å². The maximum absolute atomic E-state index is 14.7. The van der Waals surface area contributed by atoms with Gasteiger partial charge in [-0.2, -0.15) is 0 Å². The summed E-state index contributed by atoms with van der Waals surface area (Å²) < 4.78 is 25.1. The molecule has 172 valence electrons. The SMILES string of the molecule is CON=CC(F)C(OC(=O)c1cc(C)cc(C)c1)C(O)COC(=O)c1cc(C)cc(C)c1. The first-order chi connectivity index (χ1) is 15.1. The Morgan fingerprint density at radius 1 is 0.938 bits per heavy atom. The van der Waals surface area contributed by atoms with Crippen molar-refractivity contribution in [1.29, 1.82) is 0 Å². The molecule has 0 heterocycles. The number of aliphatic hydroxyl groups is 1. The normalized spacial score (nSPS) is 14.0. The number of esters is 2. The standard InChI is InChI=1S/C24H28FNO6/c1-14-6-15(2)9-18(8-14)23(28)31-13-21(27)22(20(25)12-26-30-5)32-24(29)19-10-16(3)7-17(4)11-19/h6-12,20-22,27H,13H2,1-5H3. The van der Waals surface area contributed by atoms with E-state index in [1.165, 1.54) is 7.11 Å². The zero-order valence-electron chi connectivity index (χ0n) is 18.8. The van der Waals surface area contributed by atoms with E-state index in [2.05, 4.69) is 9.99 Å². The van der Waals surface area contributed by atoms with E-state index in [9.17, 15) is 19.1 Å². The third-order valence-electron chi connectivity index (χ3n) is 4.54. The van der Waals surface area contributed by atoms with Gasteiger partial charge in [-0.25, -0.2) is 14.0 Å². The molecule has 0 saturated carbocycles. The Balaban J connectivity index is 2.15. The molecule has 3 atom stereocenters. The van der Waals surface area contributed by atoms with Gasteiger partial charge in [0.1, 0.15) is 19.8 Å². The first-order valence-electron chi connectivity index (χ1n) is 10.0. The number of nitrogens with zero attached hydrogens (tertiary/aromatic N) is 1. The number of alkyl halides is 1. The molecule has 7 nitrogen and oxygen atoms in total. The van der Waals surface area contributed by atoms with Gasteiger partial charge in [-0.15, -0.1) is 0 Å². The van der Waals surface area contributed by atoms with Gasteiger partial charge in [-0.3, -0.25) is 0 Å². The summed E-state index contributed by atoms with van der Waals surface area (Å²) in [5.41, 5.74) is 3.91. The second-order valence-corrected chi connectivity index (χ2v) is 7.67. The largest absolute Gasteiger partial charge is 0.459 e. The van der Waals surface area contributed by atoms with Gasteiger partial charge in [-0.1, -0.05) is 39.5 Å². The first kappa shape index (κ1) is 25.0. The molecule has 0 aliphatic heterocycles. The lowest BCUT2D eigenvalue weighted by atomic mass is 10.1. The minimum Gasteiger partial charge on any atom is -0.459 e. The van der Waals surface area contributed by atoms with E-state index in [0.29, 0.717) is 5.56 Å². The summed E-state index contributed by atoms with van der Waals surface area (Å²) >= 11 is 0. The van der Waals surface area contributed by atoms with E-state index in [1.54, 1.807) is 24.3 Å². The predicted molar refractivity (Wildman–Crippen MR) is 118 cm³/mol. The number of carbonyl (C=O) groups is 2. The summed E-state index contributed by atoms with van der Waals surface area (Å²) in [4.78, 5) is 29.4. The Morgan fingerprint density at radius 3 is 1.88 bits per heavy atom. The summed E-state index contributed by atoms with van der Waals surface area (Å²) in [6.45, 7) is 6.71. The molecule has 2 aromatic rings. The van der Waals surface area contributed by atoms with E-state index in [1.807, 2.05) is 39.8 Å². The van der Waals surface area contributed by atoms with E-state index in [0.717, 1.165) is 28.5 Å². The van der Waals surface area contributed by atoms with Crippen LogP contribution in [-0.2, 0) is 14.3 Å². The van der Waals surface area contributed by atoms with Gasteiger partial charge in [0.05, 0.1) is 17.3 Å². The monoisotopic (exact) mass is 445 g/mol. The van der Waals surface area contributed by atoms with Crippen LogP contribution in [0, 0.1) is 27.7 Å². The van der Waals surface area contributed by atoms with Crippen LogP contribution in [0.2, 0.25) is 0 Å². The number of rotatable bonds is 9. The molecule has 0 saturated heterocycles. The molecule has 2 rings (SSSR count). The van der Waals surface area contributed by atoms with E-state index in [-0.39, 0.29) is 5.56 Å². The number of hydrogen-bond acceptors (Lipinski definition) is 7. The van der Waals surface area contributed by atoms with Crippen LogP contribution < -0.4 is 0 Å². The number of benzene rings is 2.